The second kappa shape index (κ2) is 5.54. The molecule has 110 valence electrons. The number of rotatable bonds is 3. The van der Waals surface area contributed by atoms with Crippen molar-refractivity contribution in [2.75, 3.05) is 5.32 Å². The number of fused-ring (bicyclic) bond motifs is 2. The molecule has 1 amide bonds. The summed E-state index contributed by atoms with van der Waals surface area (Å²) in [5.41, 5.74) is 3.17. The van der Waals surface area contributed by atoms with Gasteiger partial charge in [-0.2, -0.15) is 0 Å². The van der Waals surface area contributed by atoms with E-state index >= 15 is 0 Å². The Bertz CT molecular complexity index is 1020. The number of carbonyl (C=O) groups excluding carboxylic acids is 1. The Labute approximate surface area is 133 Å². The fourth-order valence-corrected chi connectivity index (χ4v) is 2.95. The van der Waals surface area contributed by atoms with Gasteiger partial charge < -0.3 is 5.32 Å². The summed E-state index contributed by atoms with van der Waals surface area (Å²) < 4.78 is 0. The van der Waals surface area contributed by atoms with Gasteiger partial charge in [0.05, 0.1) is 0 Å². The molecule has 4 rings (SSSR count). The van der Waals surface area contributed by atoms with Gasteiger partial charge in [-0.3, -0.25) is 9.78 Å². The fraction of sp³-hybridized carbons (Fsp3) is 0. The van der Waals surface area contributed by atoms with Crippen molar-refractivity contribution >= 4 is 33.6 Å². The zero-order valence-electron chi connectivity index (χ0n) is 12.4. The average molecular weight is 298 g/mol. The largest absolute Gasteiger partial charge is 0.329 e. The van der Waals surface area contributed by atoms with Crippen molar-refractivity contribution in [2.24, 2.45) is 0 Å². The Hall–Kier alpha value is -3.20. The third-order valence-electron chi connectivity index (χ3n) is 4.06. The van der Waals surface area contributed by atoms with Crippen LogP contribution >= 0.6 is 0 Å². The fourth-order valence-electron chi connectivity index (χ4n) is 2.95. The van der Waals surface area contributed by atoms with Gasteiger partial charge in [-0.1, -0.05) is 36.4 Å². The first-order valence-corrected chi connectivity index (χ1v) is 7.42. The number of pyridine rings is 1. The minimum absolute atomic E-state index is 0.694. The second-order valence-corrected chi connectivity index (χ2v) is 5.44. The summed E-state index contributed by atoms with van der Waals surface area (Å²) in [6.07, 6.45) is 4.40. The van der Waals surface area contributed by atoms with Crippen LogP contribution in [-0.4, -0.2) is 11.4 Å². The Morgan fingerprint density at radius 2 is 1.74 bits per heavy atom. The molecular weight excluding hydrogens is 284 g/mol. The number of carbonyl (C=O) groups is 1. The van der Waals surface area contributed by atoms with Crippen molar-refractivity contribution in [1.29, 1.82) is 0 Å². The molecule has 0 aliphatic carbocycles. The van der Waals surface area contributed by atoms with Gasteiger partial charge in [0.1, 0.15) is 0 Å². The van der Waals surface area contributed by atoms with E-state index in [0.29, 0.717) is 6.41 Å². The molecule has 1 aromatic heterocycles. The first kappa shape index (κ1) is 13.5. The van der Waals surface area contributed by atoms with Crippen LogP contribution in [0.1, 0.15) is 0 Å². The number of nitrogens with one attached hydrogen (secondary N) is 1. The molecule has 0 aliphatic rings. The van der Waals surface area contributed by atoms with E-state index in [4.69, 9.17) is 0 Å². The van der Waals surface area contributed by atoms with Crippen LogP contribution in [-0.2, 0) is 4.79 Å². The molecule has 0 unspecified atom stereocenters. The summed E-state index contributed by atoms with van der Waals surface area (Å²) in [5.74, 6) is 0. The molecule has 3 nitrogen and oxygen atoms in total. The van der Waals surface area contributed by atoms with Gasteiger partial charge >= 0.3 is 0 Å². The zero-order chi connectivity index (χ0) is 15.6. The quantitative estimate of drug-likeness (QED) is 0.561. The summed E-state index contributed by atoms with van der Waals surface area (Å²) in [6.45, 7) is 0. The highest BCUT2D eigenvalue weighted by Gasteiger charge is 2.05. The van der Waals surface area contributed by atoms with Crippen molar-refractivity contribution in [3.63, 3.8) is 0 Å². The highest BCUT2D eigenvalue weighted by Crippen LogP contribution is 2.31. The Morgan fingerprint density at radius 1 is 0.870 bits per heavy atom. The second-order valence-electron chi connectivity index (χ2n) is 5.44. The number of amides is 1. The van der Waals surface area contributed by atoms with Crippen LogP contribution in [0.3, 0.4) is 0 Å². The van der Waals surface area contributed by atoms with Crippen molar-refractivity contribution < 1.29 is 4.79 Å². The number of nitrogens with zero attached hydrogens (tertiary/aromatic N) is 1. The van der Waals surface area contributed by atoms with Gasteiger partial charge in [-0.05, 0) is 51.6 Å². The highest BCUT2D eigenvalue weighted by molar-refractivity contribution is 5.99. The standard InChI is InChI=1S/C20H14N2O/c23-13-22-18-7-6-14-10-16(5-4-15(14)11-18)19-3-1-2-17-12-21-9-8-20(17)19/h1-13H,(H,22,23). The van der Waals surface area contributed by atoms with E-state index in [1.807, 2.05) is 36.7 Å². The molecule has 0 aliphatic heterocycles. The van der Waals surface area contributed by atoms with Crippen LogP contribution in [0.25, 0.3) is 32.7 Å². The van der Waals surface area contributed by atoms with E-state index in [1.165, 1.54) is 16.5 Å². The molecule has 1 heterocycles. The third kappa shape index (κ3) is 2.42. The number of hydrogen-bond donors (Lipinski definition) is 1. The van der Waals surface area contributed by atoms with E-state index in [1.54, 1.807) is 0 Å². The summed E-state index contributed by atoms with van der Waals surface area (Å²) >= 11 is 0. The van der Waals surface area contributed by atoms with Crippen LogP contribution < -0.4 is 5.32 Å². The number of hydrogen-bond acceptors (Lipinski definition) is 2. The maximum absolute atomic E-state index is 10.6. The number of benzene rings is 3. The maximum atomic E-state index is 10.6. The lowest BCUT2D eigenvalue weighted by Gasteiger charge is -2.09. The van der Waals surface area contributed by atoms with Crippen LogP contribution in [0.2, 0.25) is 0 Å². The molecule has 3 aromatic carbocycles. The molecule has 0 fully saturated rings. The van der Waals surface area contributed by atoms with Gasteiger partial charge in [0.25, 0.3) is 0 Å². The van der Waals surface area contributed by atoms with Crippen molar-refractivity contribution in [3.8, 4) is 11.1 Å². The van der Waals surface area contributed by atoms with Gasteiger partial charge in [-0.25, -0.2) is 0 Å². The number of aromatic nitrogens is 1. The first-order valence-electron chi connectivity index (χ1n) is 7.42. The van der Waals surface area contributed by atoms with E-state index in [9.17, 15) is 4.79 Å². The summed E-state index contributed by atoms with van der Waals surface area (Å²) in [4.78, 5) is 14.7. The normalized spacial score (nSPS) is 10.8. The lowest BCUT2D eigenvalue weighted by Crippen LogP contribution is -1.92. The average Bonchev–Trinajstić information content (AvgIpc) is 2.61. The lowest BCUT2D eigenvalue weighted by molar-refractivity contribution is -0.105. The van der Waals surface area contributed by atoms with Crippen LogP contribution in [0.5, 0.6) is 0 Å². The molecular formula is C20H14N2O. The first-order chi connectivity index (χ1) is 11.3. The number of anilines is 1. The minimum atomic E-state index is 0.694. The SMILES string of the molecule is O=CNc1ccc2cc(-c3cccc4cnccc34)ccc2c1. The van der Waals surface area contributed by atoms with E-state index in [0.717, 1.165) is 21.8 Å². The van der Waals surface area contributed by atoms with Gasteiger partial charge in [0.2, 0.25) is 6.41 Å². The van der Waals surface area contributed by atoms with E-state index < -0.39 is 0 Å². The maximum Gasteiger partial charge on any atom is 0.211 e. The third-order valence-corrected chi connectivity index (χ3v) is 4.06. The van der Waals surface area contributed by atoms with Gasteiger partial charge in [0, 0.05) is 23.5 Å². The molecule has 0 bridgehead atoms. The Balaban J connectivity index is 1.88. The molecule has 0 radical (unpaired) electrons. The predicted octanol–water partition coefficient (Wildman–Crippen LogP) is 4.62. The van der Waals surface area contributed by atoms with Gasteiger partial charge in [-0.15, -0.1) is 0 Å². The molecule has 0 atom stereocenters. The zero-order valence-corrected chi connectivity index (χ0v) is 12.4. The molecule has 0 saturated carbocycles. The molecule has 0 saturated heterocycles. The molecule has 0 spiro atoms. The van der Waals surface area contributed by atoms with Crippen LogP contribution in [0.15, 0.2) is 73.1 Å². The monoisotopic (exact) mass is 298 g/mol. The lowest BCUT2D eigenvalue weighted by atomic mass is 9.97. The summed E-state index contributed by atoms with van der Waals surface area (Å²) in [6, 6.07) is 20.6. The van der Waals surface area contributed by atoms with E-state index in [2.05, 4.69) is 46.7 Å². The predicted molar refractivity (Wildman–Crippen MR) is 94.4 cm³/mol. The Kier molecular flexibility index (Phi) is 3.24. The summed E-state index contributed by atoms with van der Waals surface area (Å²) in [7, 11) is 0. The van der Waals surface area contributed by atoms with Gasteiger partial charge in [0.15, 0.2) is 0 Å². The summed E-state index contributed by atoms with van der Waals surface area (Å²) in [5, 5.41) is 7.26. The highest BCUT2D eigenvalue weighted by atomic mass is 16.1. The molecule has 3 heteroatoms. The molecule has 23 heavy (non-hydrogen) atoms. The smallest absolute Gasteiger partial charge is 0.211 e. The van der Waals surface area contributed by atoms with Crippen molar-refractivity contribution in [1.82, 2.24) is 4.98 Å². The topological polar surface area (TPSA) is 42.0 Å². The van der Waals surface area contributed by atoms with E-state index in [-0.39, 0.29) is 0 Å². The Morgan fingerprint density at radius 3 is 2.65 bits per heavy atom. The minimum Gasteiger partial charge on any atom is -0.329 e. The van der Waals surface area contributed by atoms with Crippen molar-refractivity contribution in [3.05, 3.63) is 73.1 Å². The van der Waals surface area contributed by atoms with Crippen molar-refractivity contribution in [2.45, 2.75) is 0 Å². The molecule has 1 N–H and O–H groups in total. The van der Waals surface area contributed by atoms with Crippen LogP contribution in [0.4, 0.5) is 5.69 Å². The van der Waals surface area contributed by atoms with Crippen LogP contribution in [0, 0.1) is 0 Å². The molecule has 4 aromatic rings.